The highest BCUT2D eigenvalue weighted by molar-refractivity contribution is 6.35. The van der Waals surface area contributed by atoms with E-state index in [1.54, 1.807) is 12.1 Å². The van der Waals surface area contributed by atoms with Gasteiger partial charge in [-0.3, -0.25) is 10.1 Å². The minimum Gasteiger partial charge on any atom is -0.468 e. The minimum absolute atomic E-state index is 0.0869. The van der Waals surface area contributed by atoms with Crippen LogP contribution in [0.3, 0.4) is 0 Å². The maximum absolute atomic E-state index is 11.4. The SMILES string of the molecule is COC(=O)[C@@H]1CC[C@H](c2ccc(Cl)cc2Cl)N1. The highest BCUT2D eigenvalue weighted by Crippen LogP contribution is 2.33. The number of carbonyl (C=O) groups is 1. The third-order valence-electron chi connectivity index (χ3n) is 2.97. The summed E-state index contributed by atoms with van der Waals surface area (Å²) in [7, 11) is 1.40. The van der Waals surface area contributed by atoms with Crippen LogP contribution >= 0.6 is 23.2 Å². The second-order valence-corrected chi connectivity index (χ2v) is 4.88. The molecule has 1 fully saturated rings. The van der Waals surface area contributed by atoms with Gasteiger partial charge in [0.25, 0.3) is 0 Å². The molecule has 1 heterocycles. The van der Waals surface area contributed by atoms with Crippen molar-refractivity contribution >= 4 is 29.2 Å². The van der Waals surface area contributed by atoms with E-state index >= 15 is 0 Å². The summed E-state index contributed by atoms with van der Waals surface area (Å²) in [4.78, 5) is 11.4. The molecule has 0 spiro atoms. The topological polar surface area (TPSA) is 38.3 Å². The molecule has 1 aromatic rings. The van der Waals surface area contributed by atoms with Crippen LogP contribution in [0.2, 0.25) is 10.0 Å². The third-order valence-corrected chi connectivity index (χ3v) is 3.53. The van der Waals surface area contributed by atoms with Gasteiger partial charge < -0.3 is 4.74 Å². The van der Waals surface area contributed by atoms with E-state index in [9.17, 15) is 4.79 Å². The van der Waals surface area contributed by atoms with Crippen LogP contribution in [-0.4, -0.2) is 19.1 Å². The molecule has 0 unspecified atom stereocenters. The zero-order chi connectivity index (χ0) is 12.4. The number of halogens is 2. The quantitative estimate of drug-likeness (QED) is 0.842. The standard InChI is InChI=1S/C12H13Cl2NO2/c1-17-12(16)11-5-4-10(15-11)8-3-2-7(13)6-9(8)14/h2-3,6,10-11,15H,4-5H2,1H3/t10-,11+/m1/s1. The second-order valence-electron chi connectivity index (χ2n) is 4.04. The summed E-state index contributed by atoms with van der Waals surface area (Å²) in [5.41, 5.74) is 0.975. The number of rotatable bonds is 2. The van der Waals surface area contributed by atoms with Gasteiger partial charge in [-0.15, -0.1) is 0 Å². The number of esters is 1. The van der Waals surface area contributed by atoms with Gasteiger partial charge in [0.1, 0.15) is 6.04 Å². The average molecular weight is 274 g/mol. The summed E-state index contributed by atoms with van der Waals surface area (Å²) in [6.45, 7) is 0. The summed E-state index contributed by atoms with van der Waals surface area (Å²) < 4.78 is 4.71. The molecule has 1 aliphatic rings. The Hall–Kier alpha value is -0.770. The zero-order valence-corrected chi connectivity index (χ0v) is 10.9. The molecule has 92 valence electrons. The van der Waals surface area contributed by atoms with Crippen LogP contribution in [0.25, 0.3) is 0 Å². The number of ether oxygens (including phenoxy) is 1. The van der Waals surface area contributed by atoms with Crippen molar-refractivity contribution in [3.63, 3.8) is 0 Å². The number of benzene rings is 1. The van der Waals surface area contributed by atoms with Crippen molar-refractivity contribution in [1.29, 1.82) is 0 Å². The minimum atomic E-state index is -0.239. The lowest BCUT2D eigenvalue weighted by molar-refractivity contribution is -0.142. The van der Waals surface area contributed by atoms with Crippen molar-refractivity contribution in [3.05, 3.63) is 33.8 Å². The van der Waals surface area contributed by atoms with E-state index in [0.717, 1.165) is 18.4 Å². The van der Waals surface area contributed by atoms with Gasteiger partial charge in [0.05, 0.1) is 7.11 Å². The summed E-state index contributed by atoms with van der Waals surface area (Å²) in [6.07, 6.45) is 1.62. The van der Waals surface area contributed by atoms with Gasteiger partial charge in [0.15, 0.2) is 0 Å². The zero-order valence-electron chi connectivity index (χ0n) is 9.37. The second kappa shape index (κ2) is 5.25. The Morgan fingerprint density at radius 2 is 2.18 bits per heavy atom. The molecule has 1 N–H and O–H groups in total. The highest BCUT2D eigenvalue weighted by Gasteiger charge is 2.31. The molecule has 0 saturated carbocycles. The Kier molecular flexibility index (Phi) is 3.92. The number of carbonyl (C=O) groups excluding carboxylic acids is 1. The van der Waals surface area contributed by atoms with E-state index in [-0.39, 0.29) is 18.1 Å². The number of methoxy groups -OCH3 is 1. The van der Waals surface area contributed by atoms with Gasteiger partial charge >= 0.3 is 5.97 Å². The molecule has 2 rings (SSSR count). The summed E-state index contributed by atoms with van der Waals surface area (Å²) >= 11 is 12.0. The van der Waals surface area contributed by atoms with Crippen molar-refractivity contribution in [3.8, 4) is 0 Å². The third kappa shape index (κ3) is 2.73. The molecule has 3 nitrogen and oxygen atoms in total. The van der Waals surface area contributed by atoms with Crippen LogP contribution < -0.4 is 5.32 Å². The van der Waals surface area contributed by atoms with Crippen molar-refractivity contribution in [2.75, 3.05) is 7.11 Å². The van der Waals surface area contributed by atoms with E-state index in [4.69, 9.17) is 27.9 Å². The van der Waals surface area contributed by atoms with Crippen LogP contribution in [-0.2, 0) is 9.53 Å². The van der Waals surface area contributed by atoms with Gasteiger partial charge in [-0.25, -0.2) is 0 Å². The average Bonchev–Trinajstić information content (AvgIpc) is 2.77. The molecule has 0 radical (unpaired) electrons. The fourth-order valence-corrected chi connectivity index (χ4v) is 2.64. The van der Waals surface area contributed by atoms with Crippen molar-refractivity contribution in [1.82, 2.24) is 5.32 Å². The van der Waals surface area contributed by atoms with Gasteiger partial charge in [-0.05, 0) is 30.5 Å². The first-order chi connectivity index (χ1) is 8.11. The first kappa shape index (κ1) is 12.7. The molecule has 1 saturated heterocycles. The molecule has 1 aromatic carbocycles. The van der Waals surface area contributed by atoms with Gasteiger partial charge in [-0.2, -0.15) is 0 Å². The van der Waals surface area contributed by atoms with Crippen LogP contribution in [0.15, 0.2) is 18.2 Å². The van der Waals surface area contributed by atoms with Crippen molar-refractivity contribution in [2.24, 2.45) is 0 Å². The maximum atomic E-state index is 11.4. The first-order valence-electron chi connectivity index (χ1n) is 5.40. The van der Waals surface area contributed by atoms with Crippen LogP contribution in [0.5, 0.6) is 0 Å². The lowest BCUT2D eigenvalue weighted by Crippen LogP contribution is -2.33. The van der Waals surface area contributed by atoms with E-state index < -0.39 is 0 Å². The summed E-state index contributed by atoms with van der Waals surface area (Å²) in [5.74, 6) is -0.224. The van der Waals surface area contributed by atoms with E-state index in [2.05, 4.69) is 5.32 Å². The van der Waals surface area contributed by atoms with Crippen LogP contribution in [0.1, 0.15) is 24.4 Å². The van der Waals surface area contributed by atoms with Crippen LogP contribution in [0, 0.1) is 0 Å². The van der Waals surface area contributed by atoms with Crippen molar-refractivity contribution in [2.45, 2.75) is 24.9 Å². The van der Waals surface area contributed by atoms with Gasteiger partial charge in [0.2, 0.25) is 0 Å². The largest absolute Gasteiger partial charge is 0.468 e. The lowest BCUT2D eigenvalue weighted by Gasteiger charge is -2.14. The fourth-order valence-electron chi connectivity index (χ4n) is 2.10. The Labute approximate surface area is 110 Å². The molecule has 0 amide bonds. The summed E-state index contributed by atoms with van der Waals surface area (Å²) in [6, 6.07) is 5.25. The normalized spacial score (nSPS) is 23.7. The van der Waals surface area contributed by atoms with E-state index in [1.165, 1.54) is 7.11 Å². The number of hydrogen-bond acceptors (Lipinski definition) is 3. The van der Waals surface area contributed by atoms with Gasteiger partial charge in [0, 0.05) is 16.1 Å². The smallest absolute Gasteiger partial charge is 0.322 e. The molecule has 0 bridgehead atoms. The number of hydrogen-bond donors (Lipinski definition) is 1. The van der Waals surface area contributed by atoms with E-state index in [0.29, 0.717) is 10.0 Å². The Bertz CT molecular complexity index is 437. The number of nitrogens with one attached hydrogen (secondary N) is 1. The maximum Gasteiger partial charge on any atom is 0.322 e. The molecule has 17 heavy (non-hydrogen) atoms. The predicted molar refractivity (Wildman–Crippen MR) is 67.4 cm³/mol. The fraction of sp³-hybridized carbons (Fsp3) is 0.417. The lowest BCUT2D eigenvalue weighted by atomic mass is 10.1. The molecular formula is C12H13Cl2NO2. The molecule has 2 atom stereocenters. The Morgan fingerprint density at radius 3 is 2.82 bits per heavy atom. The first-order valence-corrected chi connectivity index (χ1v) is 6.16. The molecule has 5 heteroatoms. The predicted octanol–water partition coefficient (Wildman–Crippen LogP) is 2.96. The summed E-state index contributed by atoms with van der Waals surface area (Å²) in [5, 5.41) is 4.45. The van der Waals surface area contributed by atoms with Gasteiger partial charge in [-0.1, -0.05) is 29.3 Å². The van der Waals surface area contributed by atoms with Crippen molar-refractivity contribution < 1.29 is 9.53 Å². The Morgan fingerprint density at radius 1 is 1.41 bits per heavy atom. The molecule has 0 aromatic heterocycles. The monoisotopic (exact) mass is 273 g/mol. The molecule has 1 aliphatic heterocycles. The molecular weight excluding hydrogens is 261 g/mol. The van der Waals surface area contributed by atoms with E-state index in [1.807, 2.05) is 6.07 Å². The Balaban J connectivity index is 2.12. The van der Waals surface area contributed by atoms with Crippen LogP contribution in [0.4, 0.5) is 0 Å². The molecule has 0 aliphatic carbocycles. The highest BCUT2D eigenvalue weighted by atomic mass is 35.5.